The Morgan fingerprint density at radius 1 is 0.960 bits per heavy atom. The third-order valence-electron chi connectivity index (χ3n) is 6.50. The van der Waals surface area contributed by atoms with E-state index < -0.39 is 0 Å². The molecule has 4 rings (SSSR count). The Bertz CT molecular complexity index is 597. The second kappa shape index (κ2) is 7.46. The molecule has 4 nitrogen and oxygen atoms in total. The normalized spacial score (nSPS) is 28.8. The van der Waals surface area contributed by atoms with Crippen molar-refractivity contribution in [1.29, 1.82) is 0 Å². The lowest BCUT2D eigenvalue weighted by Gasteiger charge is -2.42. The highest BCUT2D eigenvalue weighted by molar-refractivity contribution is 5.94. The topological polar surface area (TPSA) is 49.6 Å². The first-order valence-corrected chi connectivity index (χ1v) is 10.1. The number of nitrogens with zero attached hydrogens (tertiary/aromatic N) is 2. The van der Waals surface area contributed by atoms with Crippen LogP contribution in [0, 0.1) is 5.92 Å². The van der Waals surface area contributed by atoms with Gasteiger partial charge in [0, 0.05) is 44.3 Å². The van der Waals surface area contributed by atoms with Crippen LogP contribution in [0.25, 0.3) is 0 Å². The number of primary amides is 1. The molecule has 0 aromatic heterocycles. The molecule has 4 heteroatoms. The van der Waals surface area contributed by atoms with Gasteiger partial charge in [0.05, 0.1) is 0 Å². The molecule has 1 aromatic rings. The van der Waals surface area contributed by atoms with E-state index in [4.69, 9.17) is 5.73 Å². The van der Waals surface area contributed by atoms with Crippen molar-refractivity contribution in [1.82, 2.24) is 9.80 Å². The van der Waals surface area contributed by atoms with E-state index in [1.54, 1.807) is 0 Å². The molecule has 2 aliphatic carbocycles. The smallest absolute Gasteiger partial charge is 0.248 e. The van der Waals surface area contributed by atoms with Crippen molar-refractivity contribution in [3.05, 3.63) is 35.4 Å². The molecule has 0 radical (unpaired) electrons. The fraction of sp³-hybridized carbons (Fsp3) is 0.667. The lowest BCUT2D eigenvalue weighted by Crippen LogP contribution is -2.51. The number of carbonyl (C=O) groups excluding carboxylic acids is 1. The molecule has 0 atom stereocenters. The summed E-state index contributed by atoms with van der Waals surface area (Å²) in [6.45, 7) is 6.31. The van der Waals surface area contributed by atoms with Gasteiger partial charge in [0.25, 0.3) is 0 Å². The third kappa shape index (κ3) is 4.06. The van der Waals surface area contributed by atoms with Crippen LogP contribution >= 0.6 is 0 Å². The average molecular weight is 341 g/mol. The van der Waals surface area contributed by atoms with Crippen LogP contribution in [0.5, 0.6) is 0 Å². The highest BCUT2D eigenvalue weighted by Crippen LogP contribution is 2.36. The number of piperazine rings is 1. The summed E-state index contributed by atoms with van der Waals surface area (Å²) in [5, 5.41) is 0. The van der Waals surface area contributed by atoms with E-state index in [1.165, 1.54) is 76.8 Å². The van der Waals surface area contributed by atoms with Gasteiger partial charge in [-0.05, 0) is 62.0 Å². The molecule has 1 aliphatic heterocycles. The Hall–Kier alpha value is -1.39. The first kappa shape index (κ1) is 17.0. The summed E-state index contributed by atoms with van der Waals surface area (Å²) < 4.78 is 0. The minimum Gasteiger partial charge on any atom is -0.366 e. The first-order valence-electron chi connectivity index (χ1n) is 10.1. The number of nitrogens with two attached hydrogens (primary N) is 1. The Morgan fingerprint density at radius 3 is 2.28 bits per heavy atom. The summed E-state index contributed by atoms with van der Waals surface area (Å²) in [5.41, 5.74) is 7.46. The van der Waals surface area contributed by atoms with E-state index in [-0.39, 0.29) is 5.91 Å². The monoisotopic (exact) mass is 341 g/mol. The van der Waals surface area contributed by atoms with E-state index in [0.29, 0.717) is 5.92 Å². The van der Waals surface area contributed by atoms with Gasteiger partial charge >= 0.3 is 0 Å². The van der Waals surface area contributed by atoms with E-state index in [1.807, 2.05) is 18.2 Å². The number of carbonyl (C=O) groups is 1. The summed E-state index contributed by atoms with van der Waals surface area (Å²) >= 11 is 0. The van der Waals surface area contributed by atoms with Gasteiger partial charge in [0.15, 0.2) is 0 Å². The number of hydrogen-bond donors (Lipinski definition) is 1. The van der Waals surface area contributed by atoms with Crippen molar-refractivity contribution in [2.45, 2.75) is 50.5 Å². The average Bonchev–Trinajstić information content (AvgIpc) is 3.46. The molecular weight excluding hydrogens is 310 g/mol. The lowest BCUT2D eigenvalue weighted by molar-refractivity contribution is 0.0738. The van der Waals surface area contributed by atoms with Gasteiger partial charge in [-0.1, -0.05) is 18.2 Å². The Morgan fingerprint density at radius 2 is 1.64 bits per heavy atom. The molecule has 25 heavy (non-hydrogen) atoms. The Balaban J connectivity index is 1.29. The van der Waals surface area contributed by atoms with Crippen LogP contribution in [0.1, 0.15) is 60.4 Å². The summed E-state index contributed by atoms with van der Waals surface area (Å²) in [5.74, 6) is 1.22. The number of benzene rings is 1. The van der Waals surface area contributed by atoms with Crippen LogP contribution in [-0.2, 0) is 0 Å². The lowest BCUT2D eigenvalue weighted by atomic mass is 9.79. The van der Waals surface area contributed by atoms with E-state index in [2.05, 4.69) is 15.9 Å². The molecule has 0 unspecified atom stereocenters. The van der Waals surface area contributed by atoms with E-state index >= 15 is 0 Å². The second-order valence-corrected chi connectivity index (χ2v) is 8.24. The molecule has 3 aliphatic rings. The number of rotatable bonds is 5. The molecule has 0 bridgehead atoms. The SMILES string of the molecule is NC(=O)c1ccccc1[C@H]1CC[C@H](N2CCN(CC3CC3)CC2)CC1. The van der Waals surface area contributed by atoms with Crippen LogP contribution in [0.4, 0.5) is 0 Å². The largest absolute Gasteiger partial charge is 0.366 e. The maximum absolute atomic E-state index is 11.7. The zero-order chi connectivity index (χ0) is 17.2. The summed E-state index contributed by atoms with van der Waals surface area (Å²) in [6, 6.07) is 8.66. The predicted octanol–water partition coefficient (Wildman–Crippen LogP) is 2.84. The van der Waals surface area contributed by atoms with Gasteiger partial charge in [0.1, 0.15) is 0 Å². The summed E-state index contributed by atoms with van der Waals surface area (Å²) in [4.78, 5) is 17.1. The zero-order valence-electron chi connectivity index (χ0n) is 15.2. The molecule has 136 valence electrons. The van der Waals surface area contributed by atoms with Gasteiger partial charge in [0.2, 0.25) is 5.91 Å². The van der Waals surface area contributed by atoms with Crippen molar-refractivity contribution in [2.75, 3.05) is 32.7 Å². The Labute approximate surface area is 151 Å². The molecule has 1 aromatic carbocycles. The first-order chi connectivity index (χ1) is 12.2. The second-order valence-electron chi connectivity index (χ2n) is 8.24. The van der Waals surface area contributed by atoms with Crippen LogP contribution in [0.15, 0.2) is 24.3 Å². The highest BCUT2D eigenvalue weighted by Gasteiger charge is 2.31. The van der Waals surface area contributed by atoms with Crippen LogP contribution in [-0.4, -0.2) is 54.5 Å². The standard InChI is InChI=1S/C21H31N3O/c22-21(25)20-4-2-1-3-19(20)17-7-9-18(10-8-17)24-13-11-23(12-14-24)15-16-5-6-16/h1-4,16-18H,5-15H2,(H2,22,25)/t17-,18-. The molecule has 1 heterocycles. The van der Waals surface area contributed by atoms with Gasteiger partial charge in [-0.25, -0.2) is 0 Å². The van der Waals surface area contributed by atoms with Crippen molar-refractivity contribution in [3.63, 3.8) is 0 Å². The number of amides is 1. The minimum absolute atomic E-state index is 0.287. The molecule has 1 saturated heterocycles. The minimum atomic E-state index is -0.287. The van der Waals surface area contributed by atoms with Crippen LogP contribution < -0.4 is 5.73 Å². The van der Waals surface area contributed by atoms with E-state index in [9.17, 15) is 4.79 Å². The molecule has 1 amide bonds. The molecular formula is C21H31N3O. The van der Waals surface area contributed by atoms with Gasteiger partial charge < -0.3 is 10.6 Å². The zero-order valence-corrected chi connectivity index (χ0v) is 15.2. The predicted molar refractivity (Wildman–Crippen MR) is 101 cm³/mol. The van der Waals surface area contributed by atoms with Crippen LogP contribution in [0.3, 0.4) is 0 Å². The van der Waals surface area contributed by atoms with Gasteiger partial charge in [-0.3, -0.25) is 9.69 Å². The quantitative estimate of drug-likeness (QED) is 0.896. The molecule has 2 N–H and O–H groups in total. The van der Waals surface area contributed by atoms with E-state index in [0.717, 1.165) is 17.5 Å². The summed E-state index contributed by atoms with van der Waals surface area (Å²) in [6.07, 6.45) is 7.77. The summed E-state index contributed by atoms with van der Waals surface area (Å²) in [7, 11) is 0. The maximum Gasteiger partial charge on any atom is 0.248 e. The fourth-order valence-corrected chi connectivity index (χ4v) is 4.81. The van der Waals surface area contributed by atoms with Crippen molar-refractivity contribution in [3.8, 4) is 0 Å². The Kier molecular flexibility index (Phi) is 5.09. The number of hydrogen-bond acceptors (Lipinski definition) is 3. The maximum atomic E-state index is 11.7. The van der Waals surface area contributed by atoms with Crippen molar-refractivity contribution < 1.29 is 4.79 Å². The van der Waals surface area contributed by atoms with Crippen molar-refractivity contribution >= 4 is 5.91 Å². The van der Waals surface area contributed by atoms with Crippen LogP contribution in [0.2, 0.25) is 0 Å². The highest BCUT2D eigenvalue weighted by atomic mass is 16.1. The third-order valence-corrected chi connectivity index (χ3v) is 6.50. The molecule has 0 spiro atoms. The van der Waals surface area contributed by atoms with Crippen molar-refractivity contribution in [2.24, 2.45) is 11.7 Å². The molecule has 3 fully saturated rings. The van der Waals surface area contributed by atoms with Gasteiger partial charge in [-0.15, -0.1) is 0 Å². The fourth-order valence-electron chi connectivity index (χ4n) is 4.81. The van der Waals surface area contributed by atoms with Gasteiger partial charge in [-0.2, -0.15) is 0 Å². The molecule has 2 saturated carbocycles.